The van der Waals surface area contributed by atoms with Crippen LogP contribution in [0.15, 0.2) is 55.0 Å². The molecule has 0 radical (unpaired) electrons. The summed E-state index contributed by atoms with van der Waals surface area (Å²) in [6.45, 7) is 2.32. The summed E-state index contributed by atoms with van der Waals surface area (Å²) in [6, 6.07) is 13.2. The molecule has 0 bridgehead atoms. The lowest BCUT2D eigenvalue weighted by Gasteiger charge is -2.13. The van der Waals surface area contributed by atoms with Crippen molar-refractivity contribution in [1.82, 2.24) is 14.4 Å². The third kappa shape index (κ3) is 4.48. The first-order valence-electron chi connectivity index (χ1n) is 11.5. The molecule has 5 rings (SSSR count). The highest BCUT2D eigenvalue weighted by Crippen LogP contribution is 2.27. The highest BCUT2D eigenvalue weighted by atomic mass is 16.5. The number of nitriles is 1. The molecule has 7 heteroatoms. The second-order valence-electron chi connectivity index (χ2n) is 8.63. The number of benzene rings is 1. The van der Waals surface area contributed by atoms with Crippen LogP contribution in [-0.4, -0.2) is 20.3 Å². The van der Waals surface area contributed by atoms with E-state index in [1.54, 1.807) is 30.5 Å². The van der Waals surface area contributed by atoms with Crippen molar-refractivity contribution in [2.45, 2.75) is 45.6 Å². The molecule has 1 amide bonds. The fraction of sp³-hybridized carbons (Fsp3) is 0.259. The summed E-state index contributed by atoms with van der Waals surface area (Å²) in [5.41, 5.74) is 5.85. The van der Waals surface area contributed by atoms with Gasteiger partial charge >= 0.3 is 0 Å². The van der Waals surface area contributed by atoms with Gasteiger partial charge in [-0.2, -0.15) is 5.26 Å². The maximum Gasteiger partial charge on any atom is 0.256 e. The zero-order valence-electron chi connectivity index (χ0n) is 19.0. The fourth-order valence-electron chi connectivity index (χ4n) is 4.39. The maximum absolute atomic E-state index is 13.0. The Morgan fingerprint density at radius 1 is 1.18 bits per heavy atom. The van der Waals surface area contributed by atoms with Gasteiger partial charge in [0.05, 0.1) is 11.3 Å². The molecule has 1 aliphatic carbocycles. The van der Waals surface area contributed by atoms with E-state index in [0.717, 1.165) is 60.1 Å². The topological polar surface area (TPSA) is 92.3 Å². The van der Waals surface area contributed by atoms with Crippen LogP contribution in [0.5, 0.6) is 5.75 Å². The number of amides is 1. The molecule has 3 heterocycles. The van der Waals surface area contributed by atoms with Crippen LogP contribution in [0.25, 0.3) is 5.65 Å². The second kappa shape index (κ2) is 9.36. The first-order chi connectivity index (χ1) is 16.6. The standard InChI is InChI=1S/C27H25N5O2/c1-18-10-11-25-30-21(16-32(25)15-18)17-34-22-8-5-7-19(12-22)27(33)31-26-24(13-28)23-9-4-2-3-6-20(23)14-29-26/h5,7-8,10-12,14-16H,2-4,6,9,17H2,1H3,(H,29,31,33). The van der Waals surface area contributed by atoms with E-state index in [1.807, 2.05) is 35.9 Å². The fourth-order valence-corrected chi connectivity index (χ4v) is 4.39. The van der Waals surface area contributed by atoms with Gasteiger partial charge in [0, 0.05) is 24.2 Å². The molecular formula is C27H25N5O2. The van der Waals surface area contributed by atoms with Crippen molar-refractivity contribution >= 4 is 17.4 Å². The number of carbonyl (C=O) groups excluding carboxylic acids is 1. The normalized spacial score (nSPS) is 13.1. The van der Waals surface area contributed by atoms with Gasteiger partial charge in [-0.05, 0) is 73.6 Å². The first kappa shape index (κ1) is 21.7. The Balaban J connectivity index is 1.31. The molecule has 34 heavy (non-hydrogen) atoms. The number of fused-ring (bicyclic) bond motifs is 2. The number of anilines is 1. The Labute approximate surface area is 198 Å². The van der Waals surface area contributed by atoms with Gasteiger partial charge in [-0.1, -0.05) is 18.6 Å². The number of imidazole rings is 1. The molecule has 0 saturated heterocycles. The van der Waals surface area contributed by atoms with Gasteiger partial charge in [0.1, 0.15) is 24.1 Å². The Kier molecular flexibility index (Phi) is 5.96. The zero-order chi connectivity index (χ0) is 23.5. The average Bonchev–Trinajstić information content (AvgIpc) is 3.09. The maximum atomic E-state index is 13.0. The molecule has 0 spiro atoms. The monoisotopic (exact) mass is 451 g/mol. The summed E-state index contributed by atoms with van der Waals surface area (Å²) in [5.74, 6) is 0.557. The van der Waals surface area contributed by atoms with E-state index < -0.39 is 0 Å². The van der Waals surface area contributed by atoms with Crippen molar-refractivity contribution < 1.29 is 9.53 Å². The van der Waals surface area contributed by atoms with E-state index in [2.05, 4.69) is 21.4 Å². The SMILES string of the molecule is Cc1ccc2nc(COc3cccc(C(=O)Nc4ncc5c(c4C#N)CCCCC5)c3)cn2c1. The van der Waals surface area contributed by atoms with Crippen LogP contribution >= 0.6 is 0 Å². The number of hydrogen-bond acceptors (Lipinski definition) is 5. The van der Waals surface area contributed by atoms with Crippen LogP contribution in [0, 0.1) is 18.3 Å². The summed E-state index contributed by atoms with van der Waals surface area (Å²) in [4.78, 5) is 21.9. The molecule has 1 aliphatic rings. The van der Waals surface area contributed by atoms with Gasteiger partial charge in [0.25, 0.3) is 5.91 Å². The summed E-state index contributed by atoms with van der Waals surface area (Å²) in [6.07, 6.45) is 10.8. The van der Waals surface area contributed by atoms with Crippen LogP contribution in [-0.2, 0) is 19.4 Å². The van der Waals surface area contributed by atoms with Crippen molar-refractivity contribution in [2.75, 3.05) is 5.32 Å². The van der Waals surface area contributed by atoms with Crippen molar-refractivity contribution in [3.05, 3.63) is 88.5 Å². The van der Waals surface area contributed by atoms with Crippen LogP contribution in [0.2, 0.25) is 0 Å². The van der Waals surface area contributed by atoms with E-state index in [9.17, 15) is 10.1 Å². The molecular weight excluding hydrogens is 426 g/mol. The van der Waals surface area contributed by atoms with E-state index in [4.69, 9.17) is 4.74 Å². The number of aromatic nitrogens is 3. The third-order valence-corrected chi connectivity index (χ3v) is 6.12. The quantitative estimate of drug-likeness (QED) is 0.431. The molecule has 4 aromatic rings. The van der Waals surface area contributed by atoms with Crippen LogP contribution in [0.4, 0.5) is 5.82 Å². The predicted octanol–water partition coefficient (Wildman–Crippen LogP) is 5.01. The molecule has 7 nitrogen and oxygen atoms in total. The summed E-state index contributed by atoms with van der Waals surface area (Å²) in [5, 5.41) is 12.6. The summed E-state index contributed by atoms with van der Waals surface area (Å²) >= 11 is 0. The van der Waals surface area contributed by atoms with Crippen LogP contribution in [0.1, 0.15) is 57.6 Å². The Morgan fingerprint density at radius 3 is 2.94 bits per heavy atom. The number of aryl methyl sites for hydroxylation is 2. The minimum absolute atomic E-state index is 0.288. The number of pyridine rings is 2. The number of nitrogens with zero attached hydrogens (tertiary/aromatic N) is 4. The van der Waals surface area contributed by atoms with Crippen molar-refractivity contribution in [2.24, 2.45) is 0 Å². The van der Waals surface area contributed by atoms with Crippen molar-refractivity contribution in [3.8, 4) is 11.8 Å². The molecule has 1 N–H and O–H groups in total. The molecule has 3 aromatic heterocycles. The minimum atomic E-state index is -0.328. The first-order valence-corrected chi connectivity index (χ1v) is 11.5. The Morgan fingerprint density at radius 2 is 2.06 bits per heavy atom. The van der Waals surface area contributed by atoms with Crippen LogP contribution in [0.3, 0.4) is 0 Å². The predicted molar refractivity (Wildman–Crippen MR) is 129 cm³/mol. The lowest BCUT2D eigenvalue weighted by Crippen LogP contribution is -2.15. The van der Waals surface area contributed by atoms with Gasteiger partial charge in [-0.25, -0.2) is 9.97 Å². The smallest absolute Gasteiger partial charge is 0.256 e. The summed E-state index contributed by atoms with van der Waals surface area (Å²) < 4.78 is 7.87. The second-order valence-corrected chi connectivity index (χ2v) is 8.63. The molecule has 0 atom stereocenters. The van der Waals surface area contributed by atoms with Gasteiger partial charge in [0.15, 0.2) is 5.82 Å². The van der Waals surface area contributed by atoms with Crippen molar-refractivity contribution in [1.29, 1.82) is 5.26 Å². The molecule has 0 saturated carbocycles. The molecule has 0 aliphatic heterocycles. The number of nitrogens with one attached hydrogen (secondary N) is 1. The van der Waals surface area contributed by atoms with Gasteiger partial charge < -0.3 is 14.5 Å². The number of hydrogen-bond donors (Lipinski definition) is 1. The van der Waals surface area contributed by atoms with E-state index in [-0.39, 0.29) is 12.5 Å². The Hall–Kier alpha value is -4.18. The van der Waals surface area contributed by atoms with E-state index in [0.29, 0.717) is 22.7 Å². The van der Waals surface area contributed by atoms with E-state index >= 15 is 0 Å². The number of ether oxygens (including phenoxy) is 1. The third-order valence-electron chi connectivity index (χ3n) is 6.12. The van der Waals surface area contributed by atoms with Crippen LogP contribution < -0.4 is 10.1 Å². The number of carbonyl (C=O) groups is 1. The molecule has 0 unspecified atom stereocenters. The largest absolute Gasteiger partial charge is 0.487 e. The zero-order valence-corrected chi connectivity index (χ0v) is 19.0. The molecule has 1 aromatic carbocycles. The van der Waals surface area contributed by atoms with Gasteiger partial charge in [-0.3, -0.25) is 4.79 Å². The van der Waals surface area contributed by atoms with Crippen molar-refractivity contribution in [3.63, 3.8) is 0 Å². The summed E-state index contributed by atoms with van der Waals surface area (Å²) in [7, 11) is 0. The average molecular weight is 452 g/mol. The van der Waals surface area contributed by atoms with Gasteiger partial charge in [0.2, 0.25) is 0 Å². The minimum Gasteiger partial charge on any atom is -0.487 e. The van der Waals surface area contributed by atoms with Gasteiger partial charge in [-0.15, -0.1) is 0 Å². The lowest BCUT2D eigenvalue weighted by molar-refractivity contribution is 0.102. The highest BCUT2D eigenvalue weighted by molar-refractivity contribution is 6.04. The number of rotatable bonds is 5. The molecule has 170 valence electrons. The lowest BCUT2D eigenvalue weighted by atomic mass is 10.00. The molecule has 0 fully saturated rings. The van der Waals surface area contributed by atoms with E-state index in [1.165, 1.54) is 0 Å². The Bertz CT molecular complexity index is 1420. The highest BCUT2D eigenvalue weighted by Gasteiger charge is 2.19.